The summed E-state index contributed by atoms with van der Waals surface area (Å²) < 4.78 is 0. The molecule has 4 aliphatic rings. The highest BCUT2D eigenvalue weighted by molar-refractivity contribution is 5.83. The van der Waals surface area contributed by atoms with Crippen molar-refractivity contribution >= 4 is 5.91 Å². The number of carbonyl (C=O) groups excluding carboxylic acids is 1. The highest BCUT2D eigenvalue weighted by atomic mass is 16.2. The van der Waals surface area contributed by atoms with Gasteiger partial charge in [-0.15, -0.1) is 0 Å². The number of benzene rings is 1. The van der Waals surface area contributed by atoms with Crippen LogP contribution in [0.25, 0.3) is 0 Å². The molecule has 4 bridgehead atoms. The quantitative estimate of drug-likeness (QED) is 0.878. The Labute approximate surface area is 154 Å². The van der Waals surface area contributed by atoms with Gasteiger partial charge in [0.15, 0.2) is 0 Å². The van der Waals surface area contributed by atoms with Crippen LogP contribution in [0.1, 0.15) is 56.8 Å². The average Bonchev–Trinajstić information content (AvgIpc) is 3.12. The van der Waals surface area contributed by atoms with Crippen molar-refractivity contribution < 1.29 is 4.79 Å². The third kappa shape index (κ3) is 2.42. The fourth-order valence-corrected chi connectivity index (χ4v) is 7.03. The molecule has 4 atom stereocenters. The summed E-state index contributed by atoms with van der Waals surface area (Å²) in [7, 11) is 0. The lowest BCUT2D eigenvalue weighted by Gasteiger charge is -2.65. The SMILES string of the molecule is CC12CC3CC(C(=O)NCc4ncc[nH]4)(C1)CC(c1ccccc1)(C3)C2. The van der Waals surface area contributed by atoms with E-state index in [2.05, 4.69) is 52.5 Å². The molecular weight excluding hydrogens is 322 g/mol. The molecule has 0 spiro atoms. The Bertz CT molecular complexity index is 817. The summed E-state index contributed by atoms with van der Waals surface area (Å²) in [6, 6.07) is 11.0. The summed E-state index contributed by atoms with van der Waals surface area (Å²) in [5, 5.41) is 3.20. The summed E-state index contributed by atoms with van der Waals surface area (Å²) >= 11 is 0. The predicted molar refractivity (Wildman–Crippen MR) is 100 cm³/mol. The van der Waals surface area contributed by atoms with Crippen molar-refractivity contribution in [3.05, 3.63) is 54.1 Å². The number of hydrogen-bond acceptors (Lipinski definition) is 2. The number of aromatic nitrogens is 2. The van der Waals surface area contributed by atoms with Gasteiger partial charge >= 0.3 is 0 Å². The van der Waals surface area contributed by atoms with Crippen LogP contribution >= 0.6 is 0 Å². The standard InChI is InChI=1S/C22H27N3O/c1-20-9-16-10-21(13-20,17-5-3-2-4-6-17)15-22(11-16,14-20)19(26)25-12-18-23-7-8-24-18/h2-8,16H,9-15H2,1H3,(H,23,24)(H,25,26). The van der Waals surface area contributed by atoms with Gasteiger partial charge in [-0.3, -0.25) is 4.79 Å². The van der Waals surface area contributed by atoms with Crippen LogP contribution in [0.3, 0.4) is 0 Å². The zero-order valence-corrected chi connectivity index (χ0v) is 15.4. The van der Waals surface area contributed by atoms with Crippen molar-refractivity contribution in [2.75, 3.05) is 0 Å². The maximum absolute atomic E-state index is 13.4. The maximum atomic E-state index is 13.4. The minimum Gasteiger partial charge on any atom is -0.348 e. The van der Waals surface area contributed by atoms with Crippen LogP contribution in [0.5, 0.6) is 0 Å². The summed E-state index contributed by atoms with van der Waals surface area (Å²) in [6.07, 6.45) is 10.4. The Morgan fingerprint density at radius 3 is 2.77 bits per heavy atom. The molecule has 4 aliphatic carbocycles. The lowest BCUT2D eigenvalue weighted by atomic mass is 9.38. The molecule has 1 aromatic heterocycles. The molecule has 1 heterocycles. The van der Waals surface area contributed by atoms with E-state index in [9.17, 15) is 4.79 Å². The van der Waals surface area contributed by atoms with Gasteiger partial charge in [0.2, 0.25) is 5.91 Å². The molecule has 4 fully saturated rings. The lowest BCUT2D eigenvalue weighted by molar-refractivity contribution is -0.160. The molecule has 4 unspecified atom stereocenters. The van der Waals surface area contributed by atoms with E-state index in [1.54, 1.807) is 12.4 Å². The van der Waals surface area contributed by atoms with Crippen molar-refractivity contribution in [3.8, 4) is 0 Å². The van der Waals surface area contributed by atoms with Crippen LogP contribution < -0.4 is 5.32 Å². The van der Waals surface area contributed by atoms with Gasteiger partial charge in [-0.05, 0) is 60.8 Å². The van der Waals surface area contributed by atoms with Crippen molar-refractivity contribution in [1.29, 1.82) is 0 Å². The van der Waals surface area contributed by atoms with Gasteiger partial charge < -0.3 is 10.3 Å². The van der Waals surface area contributed by atoms with E-state index >= 15 is 0 Å². The van der Waals surface area contributed by atoms with E-state index in [4.69, 9.17) is 0 Å². The van der Waals surface area contributed by atoms with Crippen LogP contribution in [0.2, 0.25) is 0 Å². The molecule has 1 aromatic carbocycles. The zero-order valence-electron chi connectivity index (χ0n) is 15.4. The van der Waals surface area contributed by atoms with Gasteiger partial charge in [-0.25, -0.2) is 4.98 Å². The first-order valence-corrected chi connectivity index (χ1v) is 9.83. The first kappa shape index (κ1) is 16.1. The molecule has 26 heavy (non-hydrogen) atoms. The summed E-state index contributed by atoms with van der Waals surface area (Å²) in [5.74, 6) is 1.74. The normalized spacial score (nSPS) is 37.7. The minimum absolute atomic E-state index is 0.178. The predicted octanol–water partition coefficient (Wildman–Crippen LogP) is 3.95. The Hall–Kier alpha value is -2.10. The number of carbonyl (C=O) groups is 1. The Kier molecular flexibility index (Phi) is 3.37. The molecule has 0 aliphatic heterocycles. The molecule has 2 N–H and O–H groups in total. The number of nitrogens with one attached hydrogen (secondary N) is 2. The molecule has 4 heteroatoms. The zero-order chi connectivity index (χ0) is 17.8. The van der Waals surface area contributed by atoms with Crippen LogP contribution in [0, 0.1) is 16.7 Å². The number of amides is 1. The largest absolute Gasteiger partial charge is 0.348 e. The summed E-state index contributed by atoms with van der Waals surface area (Å²) in [4.78, 5) is 20.7. The Balaban J connectivity index is 1.46. The number of rotatable bonds is 4. The van der Waals surface area contributed by atoms with Crippen LogP contribution in [-0.2, 0) is 16.8 Å². The van der Waals surface area contributed by atoms with Crippen LogP contribution in [0.15, 0.2) is 42.7 Å². The molecule has 4 nitrogen and oxygen atoms in total. The second-order valence-corrected chi connectivity index (χ2v) is 9.46. The fourth-order valence-electron chi connectivity index (χ4n) is 7.03. The maximum Gasteiger partial charge on any atom is 0.226 e. The van der Waals surface area contributed by atoms with E-state index in [0.717, 1.165) is 25.1 Å². The van der Waals surface area contributed by atoms with Gasteiger partial charge in [-0.2, -0.15) is 0 Å². The van der Waals surface area contributed by atoms with Gasteiger partial charge in [0.05, 0.1) is 12.0 Å². The molecule has 4 saturated carbocycles. The Morgan fingerprint density at radius 2 is 2.04 bits per heavy atom. The second-order valence-electron chi connectivity index (χ2n) is 9.46. The van der Waals surface area contributed by atoms with Crippen molar-refractivity contribution in [2.24, 2.45) is 16.7 Å². The van der Waals surface area contributed by atoms with E-state index in [1.807, 2.05) is 0 Å². The minimum atomic E-state index is -0.212. The lowest BCUT2D eigenvalue weighted by Crippen LogP contribution is -2.62. The topological polar surface area (TPSA) is 57.8 Å². The number of H-pyrrole nitrogens is 1. The number of nitrogens with zero attached hydrogens (tertiary/aromatic N) is 1. The van der Waals surface area contributed by atoms with Crippen LogP contribution in [0.4, 0.5) is 0 Å². The molecule has 136 valence electrons. The van der Waals surface area contributed by atoms with E-state index < -0.39 is 0 Å². The number of hydrogen-bond donors (Lipinski definition) is 2. The number of aromatic amines is 1. The van der Waals surface area contributed by atoms with E-state index in [0.29, 0.717) is 12.5 Å². The second kappa shape index (κ2) is 5.45. The fraction of sp³-hybridized carbons (Fsp3) is 0.545. The highest BCUT2D eigenvalue weighted by Crippen LogP contribution is 2.70. The molecule has 0 saturated heterocycles. The first-order chi connectivity index (χ1) is 12.5. The number of imidazole rings is 1. The van der Waals surface area contributed by atoms with E-state index in [1.165, 1.54) is 24.8 Å². The van der Waals surface area contributed by atoms with Gasteiger partial charge in [0.25, 0.3) is 0 Å². The van der Waals surface area contributed by atoms with Gasteiger partial charge in [0, 0.05) is 12.4 Å². The molecule has 2 aromatic rings. The molecule has 0 radical (unpaired) electrons. The Morgan fingerprint density at radius 1 is 1.19 bits per heavy atom. The van der Waals surface area contributed by atoms with Crippen molar-refractivity contribution in [2.45, 2.75) is 57.4 Å². The van der Waals surface area contributed by atoms with Gasteiger partial charge in [-0.1, -0.05) is 37.3 Å². The van der Waals surface area contributed by atoms with Gasteiger partial charge in [0.1, 0.15) is 5.82 Å². The average molecular weight is 349 g/mol. The summed E-state index contributed by atoms with van der Waals surface area (Å²) in [6.45, 7) is 2.91. The smallest absolute Gasteiger partial charge is 0.226 e. The molecule has 1 amide bonds. The summed E-state index contributed by atoms with van der Waals surface area (Å²) in [5.41, 5.74) is 1.70. The third-order valence-electron chi connectivity index (χ3n) is 7.19. The molecular formula is C22H27N3O. The third-order valence-corrected chi connectivity index (χ3v) is 7.19. The van der Waals surface area contributed by atoms with Crippen molar-refractivity contribution in [1.82, 2.24) is 15.3 Å². The highest BCUT2D eigenvalue weighted by Gasteiger charge is 2.64. The van der Waals surface area contributed by atoms with E-state index in [-0.39, 0.29) is 22.2 Å². The van der Waals surface area contributed by atoms with Crippen molar-refractivity contribution in [3.63, 3.8) is 0 Å². The first-order valence-electron chi connectivity index (χ1n) is 9.83. The van der Waals surface area contributed by atoms with Crippen LogP contribution in [-0.4, -0.2) is 15.9 Å². The monoisotopic (exact) mass is 349 g/mol. The molecule has 6 rings (SSSR count).